The number of carbonyl (C=O) groups excluding carboxylic acids is 1. The van der Waals surface area contributed by atoms with Crippen molar-refractivity contribution in [3.63, 3.8) is 0 Å². The Balaban J connectivity index is 0.000000276. The summed E-state index contributed by atoms with van der Waals surface area (Å²) < 4.78 is 302. The van der Waals surface area contributed by atoms with Crippen molar-refractivity contribution in [1.29, 1.82) is 0 Å². The molecule has 0 atom stereocenters. The first kappa shape index (κ1) is 50.3. The summed E-state index contributed by atoms with van der Waals surface area (Å²) in [7, 11) is 0. The third-order valence-electron chi connectivity index (χ3n) is 10.4. The summed E-state index contributed by atoms with van der Waals surface area (Å²) in [6, 6.07) is 21.3. The third kappa shape index (κ3) is 8.01. The fraction of sp³-hybridized carbons (Fsp3) is 0.0909. The molecule has 0 aliphatic heterocycles. The lowest BCUT2D eigenvalue weighted by Crippen LogP contribution is -2.81. The number of para-hydroxylation sites is 1. The van der Waals surface area contributed by atoms with E-state index in [1.807, 2.05) is 85.1 Å². The number of benzene rings is 6. The molecule has 7 aromatic rings. The summed E-state index contributed by atoms with van der Waals surface area (Å²) in [5.74, 6) is -70.6. The molecule has 3 nitrogen and oxygen atoms in total. The van der Waals surface area contributed by atoms with Crippen molar-refractivity contribution in [1.82, 2.24) is 0 Å². The summed E-state index contributed by atoms with van der Waals surface area (Å²) in [5, 5.41) is 1.09. The zero-order valence-electron chi connectivity index (χ0n) is 33.5. The van der Waals surface area contributed by atoms with Crippen molar-refractivity contribution in [2.45, 2.75) is 26.5 Å². The number of nitrogens with zero attached hydrogens (tertiary/aromatic N) is 1. The van der Waals surface area contributed by atoms with E-state index < -0.39 is 144 Å². The topological polar surface area (TPSA) is 30.2 Å². The summed E-state index contributed by atoms with van der Waals surface area (Å²) in [6.45, 7) is 4.23. The van der Waals surface area contributed by atoms with E-state index in [0.717, 1.165) is 10.9 Å². The number of hydrogen-bond donors (Lipinski definition) is 0. The number of pyridine rings is 1. The largest absolute Gasteiger partial charge is 0.442 e. The Morgan fingerprint density at radius 2 is 0.706 bits per heavy atom. The first-order valence-corrected chi connectivity index (χ1v) is 18.7. The highest BCUT2D eigenvalue weighted by molar-refractivity contribution is 7.20. The number of Topliss-reactive ketones (excluding diaryl/α,β-unsaturated/α-hetero) is 1. The highest BCUT2D eigenvalue weighted by atomic mass is 19.2. The van der Waals surface area contributed by atoms with Crippen molar-refractivity contribution >= 4 is 44.7 Å². The van der Waals surface area contributed by atoms with Crippen molar-refractivity contribution in [3.8, 4) is 5.88 Å². The van der Waals surface area contributed by atoms with Gasteiger partial charge in [-0.2, -0.15) is 4.57 Å². The zero-order valence-corrected chi connectivity index (χ0v) is 33.5. The molecule has 0 aliphatic carbocycles. The average Bonchev–Trinajstić information content (AvgIpc) is 3.32. The van der Waals surface area contributed by atoms with Gasteiger partial charge in [-0.25, -0.2) is 87.8 Å². The molecule has 0 spiro atoms. The predicted molar refractivity (Wildman–Crippen MR) is 200 cm³/mol. The van der Waals surface area contributed by atoms with Crippen LogP contribution in [-0.4, -0.2) is 18.0 Å². The fourth-order valence-electron chi connectivity index (χ4n) is 7.48. The summed E-state index contributed by atoms with van der Waals surface area (Å²) in [5.41, 5.74) is -12.6. The predicted octanol–water partition coefficient (Wildman–Crippen LogP) is 9.64. The molecule has 6 aromatic carbocycles. The standard InChI is InChI=1S/C24BF20.C20H20NO2/c26-5-1(6(27)14(35)21(42)13(5)34)25(2-7(28)15(36)22(43)16(37)8(2)29,3-9(30)17(38)23(44)18(39)10(3)31)4-11(32)19(40)24(45)20(41)12(4)33;1-15(2)23-20-13-12-16-8-6-7-11-18(16)21(20)14-19(22)17-9-4-3-5-10-17/h;3-13,15H,14H2,1-2H3/q-1;+1. The van der Waals surface area contributed by atoms with E-state index in [1.54, 1.807) is 0 Å². The van der Waals surface area contributed by atoms with Gasteiger partial charge in [0.25, 0.3) is 0 Å². The third-order valence-corrected chi connectivity index (χ3v) is 10.4. The van der Waals surface area contributed by atoms with Gasteiger partial charge in [-0.1, -0.05) is 42.5 Å². The highest BCUT2D eigenvalue weighted by Crippen LogP contribution is 2.31. The van der Waals surface area contributed by atoms with E-state index in [1.165, 1.54) is 0 Å². The first-order chi connectivity index (χ1) is 31.8. The van der Waals surface area contributed by atoms with Crippen molar-refractivity contribution in [2.24, 2.45) is 0 Å². The SMILES string of the molecule is CC(C)Oc1ccc2ccccc2[n+]1CC(=O)c1ccccc1.Fc1c(F)c(F)c([B-](c2c(F)c(F)c(F)c(F)c2F)(c2c(F)c(F)c(F)c(F)c2F)c2c(F)c(F)c(F)c(F)c2F)c(F)c1F. The van der Waals surface area contributed by atoms with Gasteiger partial charge in [-0.05, 0) is 26.0 Å². The van der Waals surface area contributed by atoms with Crippen LogP contribution >= 0.6 is 0 Å². The molecular formula is C44H20BF20NO2. The van der Waals surface area contributed by atoms with Gasteiger partial charge < -0.3 is 4.74 Å². The Morgan fingerprint density at radius 3 is 1.03 bits per heavy atom. The molecule has 0 radical (unpaired) electrons. The lowest BCUT2D eigenvalue weighted by atomic mass is 9.12. The molecule has 0 aliphatic rings. The minimum absolute atomic E-state index is 0.0502. The molecule has 0 bridgehead atoms. The number of ketones is 1. The van der Waals surface area contributed by atoms with Crippen LogP contribution in [0, 0.1) is 116 Å². The molecule has 24 heteroatoms. The minimum atomic E-state index is -7.22. The van der Waals surface area contributed by atoms with Crippen LogP contribution in [0.15, 0.2) is 66.7 Å². The van der Waals surface area contributed by atoms with Crippen molar-refractivity contribution < 1.29 is 102 Å². The summed E-state index contributed by atoms with van der Waals surface area (Å²) >= 11 is 0. The molecule has 0 amide bonds. The van der Waals surface area contributed by atoms with Crippen LogP contribution in [0.2, 0.25) is 0 Å². The molecule has 1 aromatic heterocycles. The quantitative estimate of drug-likeness (QED) is 0.0361. The Morgan fingerprint density at radius 1 is 0.412 bits per heavy atom. The van der Waals surface area contributed by atoms with Gasteiger partial charge in [0.05, 0.1) is 12.2 Å². The number of ether oxygens (including phenoxy) is 1. The lowest BCUT2D eigenvalue weighted by molar-refractivity contribution is -0.663. The van der Waals surface area contributed by atoms with E-state index in [2.05, 4.69) is 0 Å². The van der Waals surface area contributed by atoms with E-state index in [9.17, 15) is 57.5 Å². The maximum Gasteiger partial charge on any atom is 0.368 e. The summed E-state index contributed by atoms with van der Waals surface area (Å²) in [4.78, 5) is 12.6. The van der Waals surface area contributed by atoms with Crippen LogP contribution < -0.4 is 31.2 Å². The first-order valence-electron chi connectivity index (χ1n) is 18.7. The maximum atomic E-state index is 15.4. The van der Waals surface area contributed by atoms with Crippen LogP contribution in [0.1, 0.15) is 24.2 Å². The highest BCUT2D eigenvalue weighted by Gasteiger charge is 2.52. The number of aromatic nitrogens is 1. The van der Waals surface area contributed by atoms with Gasteiger partial charge >= 0.3 is 5.88 Å². The van der Waals surface area contributed by atoms with Gasteiger partial charge in [0.1, 0.15) is 52.7 Å². The smallest absolute Gasteiger partial charge is 0.368 e. The van der Waals surface area contributed by atoms with Gasteiger partial charge in [0, 0.05) is 17.0 Å². The Labute approximate surface area is 367 Å². The number of halogens is 20. The van der Waals surface area contributed by atoms with Crippen molar-refractivity contribution in [2.75, 3.05) is 0 Å². The lowest BCUT2D eigenvalue weighted by Gasteiger charge is -2.44. The van der Waals surface area contributed by atoms with E-state index in [4.69, 9.17) is 4.74 Å². The average molecular weight is 985 g/mol. The number of rotatable bonds is 9. The molecule has 68 heavy (non-hydrogen) atoms. The zero-order chi connectivity index (χ0) is 50.6. The molecule has 0 unspecified atom stereocenters. The van der Waals surface area contributed by atoms with Gasteiger partial charge in [0.2, 0.25) is 17.8 Å². The normalized spacial score (nSPS) is 11.6. The van der Waals surface area contributed by atoms with Crippen LogP contribution in [0.4, 0.5) is 87.8 Å². The van der Waals surface area contributed by atoms with E-state index >= 15 is 35.1 Å². The Hall–Kier alpha value is -7.14. The van der Waals surface area contributed by atoms with Gasteiger partial charge in [0.15, 0.2) is 69.8 Å². The van der Waals surface area contributed by atoms with E-state index in [0.29, 0.717) is 11.4 Å². The molecular weight excluding hydrogens is 965 g/mol. The minimum Gasteiger partial charge on any atom is -0.442 e. The second-order valence-corrected chi connectivity index (χ2v) is 14.6. The van der Waals surface area contributed by atoms with Crippen molar-refractivity contribution in [3.05, 3.63) is 189 Å². The molecule has 0 fully saturated rings. The van der Waals surface area contributed by atoms with Gasteiger partial charge in [-0.15, -0.1) is 21.9 Å². The van der Waals surface area contributed by atoms with Crippen LogP contribution in [0.3, 0.4) is 0 Å². The molecule has 356 valence electrons. The molecule has 0 saturated carbocycles. The van der Waals surface area contributed by atoms with Gasteiger partial charge in [-0.3, -0.25) is 4.79 Å². The molecule has 7 rings (SSSR count). The Kier molecular flexibility index (Phi) is 13.9. The van der Waals surface area contributed by atoms with Crippen LogP contribution in [0.5, 0.6) is 5.88 Å². The fourth-order valence-corrected chi connectivity index (χ4v) is 7.48. The van der Waals surface area contributed by atoms with E-state index in [-0.39, 0.29) is 18.4 Å². The second kappa shape index (κ2) is 18.9. The summed E-state index contributed by atoms with van der Waals surface area (Å²) in [6.07, 6.45) is -7.17. The van der Waals surface area contributed by atoms with Crippen LogP contribution in [0.25, 0.3) is 10.9 Å². The maximum absolute atomic E-state index is 15.4. The number of carbonyl (C=O) groups is 1. The Bertz CT molecular complexity index is 2800. The monoisotopic (exact) mass is 985 g/mol. The molecule has 0 N–H and O–H groups in total. The molecule has 1 heterocycles. The van der Waals surface area contributed by atoms with Crippen LogP contribution in [-0.2, 0) is 6.54 Å². The number of hydrogen-bond acceptors (Lipinski definition) is 2. The number of fused-ring (bicyclic) bond motifs is 1. The molecule has 0 saturated heterocycles. The second-order valence-electron chi connectivity index (χ2n) is 14.6.